The molecule has 0 fully saturated rings. The Bertz CT molecular complexity index is 1900. The number of ether oxygens (including phenoxy) is 5. The van der Waals surface area contributed by atoms with Gasteiger partial charge in [0.25, 0.3) is 0 Å². The molecule has 0 spiro atoms. The summed E-state index contributed by atoms with van der Waals surface area (Å²) in [5.74, 6) is -4.09. The summed E-state index contributed by atoms with van der Waals surface area (Å²) < 4.78 is 29.3. The van der Waals surface area contributed by atoms with Crippen molar-refractivity contribution < 1.29 is 47.7 Å². The highest BCUT2D eigenvalue weighted by Crippen LogP contribution is 2.24. The Morgan fingerprint density at radius 1 is 0.392 bits per heavy atom. The summed E-state index contributed by atoms with van der Waals surface area (Å²) in [5.41, 5.74) is 0.829. The Hall–Kier alpha value is -6.55. The number of carbonyl (C=O) groups is 5. The summed E-state index contributed by atoms with van der Waals surface area (Å²) in [6, 6.07) is 40.2. The molecule has 5 aromatic carbocycles. The van der Waals surface area contributed by atoms with Gasteiger partial charge in [0.1, 0.15) is 12.7 Å². The predicted octanol–water partition coefficient (Wildman–Crippen LogP) is 6.77. The van der Waals surface area contributed by atoms with E-state index >= 15 is 0 Å². The maximum Gasteiger partial charge on any atom is 0.338 e. The summed E-state index contributed by atoms with van der Waals surface area (Å²) >= 11 is 0. The van der Waals surface area contributed by atoms with Gasteiger partial charge in [0.15, 0.2) is 18.3 Å². The molecule has 0 saturated heterocycles. The zero-order chi connectivity index (χ0) is 36.0. The first kappa shape index (κ1) is 35.7. The van der Waals surface area contributed by atoms with Crippen LogP contribution in [0.4, 0.5) is 0 Å². The molecule has 0 aliphatic heterocycles. The van der Waals surface area contributed by atoms with E-state index in [4.69, 9.17) is 23.7 Å². The Morgan fingerprint density at radius 2 is 0.686 bits per heavy atom. The predicted molar refractivity (Wildman–Crippen MR) is 185 cm³/mol. The first-order valence-corrected chi connectivity index (χ1v) is 16.1. The lowest BCUT2D eigenvalue weighted by atomic mass is 10.0. The molecule has 5 rings (SSSR count). The topological polar surface area (TPSA) is 132 Å². The van der Waals surface area contributed by atoms with Crippen molar-refractivity contribution in [2.45, 2.75) is 31.3 Å². The minimum Gasteiger partial charge on any atom is -0.458 e. The van der Waals surface area contributed by atoms with E-state index in [1.54, 1.807) is 103 Å². The minimum atomic E-state index is -1.68. The molecule has 4 atom stereocenters. The van der Waals surface area contributed by atoms with Crippen molar-refractivity contribution in [3.63, 3.8) is 0 Å². The van der Waals surface area contributed by atoms with E-state index in [-0.39, 0.29) is 27.8 Å². The van der Waals surface area contributed by atoms with Crippen molar-refractivity contribution in [2.24, 2.45) is 0 Å². The third kappa shape index (κ3) is 9.99. The average Bonchev–Trinajstić information content (AvgIpc) is 3.19. The van der Waals surface area contributed by atoms with Crippen LogP contribution in [0, 0.1) is 0 Å². The van der Waals surface area contributed by atoms with E-state index in [9.17, 15) is 24.0 Å². The molecule has 0 aliphatic carbocycles. The van der Waals surface area contributed by atoms with E-state index in [0.29, 0.717) is 0 Å². The summed E-state index contributed by atoms with van der Waals surface area (Å²) in [4.78, 5) is 67.2. The van der Waals surface area contributed by atoms with Crippen molar-refractivity contribution in [2.75, 3.05) is 6.61 Å². The SMILES string of the molecule is C[C@H](OC(=O)c1ccccc1)[C@H](OC(=O)c1ccccc1)[C@H](OC(=O)c1ccccc1)[C@@H](COC(=O)c1ccccc1)OC(=O)c1ccccc1. The molecule has 0 aliphatic rings. The highest BCUT2D eigenvalue weighted by molar-refractivity contribution is 5.92. The molecule has 258 valence electrons. The highest BCUT2D eigenvalue weighted by atomic mass is 16.6. The fraction of sp³-hybridized carbons (Fsp3) is 0.146. The Kier molecular flexibility index (Phi) is 12.4. The molecule has 0 N–H and O–H groups in total. The van der Waals surface area contributed by atoms with Crippen LogP contribution in [0.3, 0.4) is 0 Å². The number of rotatable bonds is 14. The first-order chi connectivity index (χ1) is 24.8. The summed E-state index contributed by atoms with van der Waals surface area (Å²) in [6.45, 7) is 0.803. The van der Waals surface area contributed by atoms with Crippen LogP contribution >= 0.6 is 0 Å². The molecule has 0 unspecified atom stereocenters. The molecule has 10 heteroatoms. The van der Waals surface area contributed by atoms with Gasteiger partial charge in [-0.2, -0.15) is 0 Å². The van der Waals surface area contributed by atoms with Crippen LogP contribution in [-0.2, 0) is 23.7 Å². The van der Waals surface area contributed by atoms with E-state index in [1.165, 1.54) is 55.5 Å². The molecule has 0 amide bonds. The Morgan fingerprint density at radius 3 is 1.06 bits per heavy atom. The van der Waals surface area contributed by atoms with E-state index in [1.807, 2.05) is 0 Å². The lowest BCUT2D eigenvalue weighted by molar-refractivity contribution is -0.128. The normalized spacial score (nSPS) is 13.0. The maximum absolute atomic E-state index is 13.7. The monoisotopic (exact) mass is 686 g/mol. The maximum atomic E-state index is 13.7. The standard InChI is InChI=1S/C41H34O10/c1-28(48-38(43)30-19-9-3-10-20-30)35(50-40(45)32-23-13-5-14-24-32)36(51-41(46)33-25-15-6-16-26-33)34(49-39(44)31-21-11-4-12-22-31)27-47-37(42)29-17-7-2-8-18-29/h2-26,28,34-36H,27H2,1H3/t28-,34+,35-,36+/m0/s1. The molecule has 0 bridgehead atoms. The smallest absolute Gasteiger partial charge is 0.338 e. The van der Waals surface area contributed by atoms with E-state index in [0.717, 1.165) is 0 Å². The van der Waals surface area contributed by atoms with Crippen molar-refractivity contribution >= 4 is 29.8 Å². The van der Waals surface area contributed by atoms with Crippen LogP contribution in [-0.4, -0.2) is 60.9 Å². The quantitative estimate of drug-likeness (QED) is 0.0911. The molecule has 0 aromatic heterocycles. The van der Waals surface area contributed by atoms with Gasteiger partial charge in [-0.3, -0.25) is 0 Å². The zero-order valence-electron chi connectivity index (χ0n) is 27.5. The van der Waals surface area contributed by atoms with Gasteiger partial charge in [-0.25, -0.2) is 24.0 Å². The Balaban J connectivity index is 1.56. The molecule has 0 saturated carbocycles. The third-order valence-electron chi connectivity index (χ3n) is 7.62. The van der Waals surface area contributed by atoms with Crippen molar-refractivity contribution in [3.8, 4) is 0 Å². The van der Waals surface area contributed by atoms with Gasteiger partial charge in [-0.15, -0.1) is 0 Å². The van der Waals surface area contributed by atoms with Gasteiger partial charge in [0.05, 0.1) is 27.8 Å². The van der Waals surface area contributed by atoms with Crippen LogP contribution < -0.4 is 0 Å². The number of hydrogen-bond acceptors (Lipinski definition) is 10. The van der Waals surface area contributed by atoms with Gasteiger partial charge in [0, 0.05) is 0 Å². The van der Waals surface area contributed by atoms with Crippen LogP contribution in [0.5, 0.6) is 0 Å². The lowest BCUT2D eigenvalue weighted by Gasteiger charge is -2.35. The van der Waals surface area contributed by atoms with Gasteiger partial charge >= 0.3 is 29.8 Å². The van der Waals surface area contributed by atoms with Crippen LogP contribution in [0.25, 0.3) is 0 Å². The number of esters is 5. The van der Waals surface area contributed by atoms with E-state index < -0.39 is 60.9 Å². The summed E-state index contributed by atoms with van der Waals surface area (Å²) in [5, 5.41) is 0. The van der Waals surface area contributed by atoms with Gasteiger partial charge in [-0.05, 0) is 67.6 Å². The highest BCUT2D eigenvalue weighted by Gasteiger charge is 2.44. The second-order valence-corrected chi connectivity index (χ2v) is 11.2. The van der Waals surface area contributed by atoms with Crippen LogP contribution in [0.1, 0.15) is 58.7 Å². The molecule has 5 aromatic rings. The van der Waals surface area contributed by atoms with Crippen molar-refractivity contribution in [1.82, 2.24) is 0 Å². The second-order valence-electron chi connectivity index (χ2n) is 11.2. The molecule has 0 radical (unpaired) electrons. The first-order valence-electron chi connectivity index (χ1n) is 16.1. The average molecular weight is 687 g/mol. The fourth-order valence-corrected chi connectivity index (χ4v) is 4.99. The van der Waals surface area contributed by atoms with Crippen LogP contribution in [0.2, 0.25) is 0 Å². The molecular weight excluding hydrogens is 652 g/mol. The fourth-order valence-electron chi connectivity index (χ4n) is 4.99. The third-order valence-corrected chi connectivity index (χ3v) is 7.62. The number of benzene rings is 5. The van der Waals surface area contributed by atoms with E-state index in [2.05, 4.69) is 0 Å². The molecule has 51 heavy (non-hydrogen) atoms. The zero-order valence-corrected chi connectivity index (χ0v) is 27.5. The largest absolute Gasteiger partial charge is 0.458 e. The number of carbonyl (C=O) groups excluding carboxylic acids is 5. The van der Waals surface area contributed by atoms with Gasteiger partial charge in [-0.1, -0.05) is 91.0 Å². The van der Waals surface area contributed by atoms with Crippen LogP contribution in [0.15, 0.2) is 152 Å². The molecule has 10 nitrogen and oxygen atoms in total. The minimum absolute atomic E-state index is 0.124. The second kappa shape index (κ2) is 17.7. The molecule has 0 heterocycles. The van der Waals surface area contributed by atoms with Gasteiger partial charge in [0.2, 0.25) is 0 Å². The molecular formula is C41H34O10. The Labute approximate surface area is 294 Å². The lowest BCUT2D eigenvalue weighted by Crippen LogP contribution is -2.52. The summed E-state index contributed by atoms with van der Waals surface area (Å²) in [6.07, 6.45) is -6.16. The summed E-state index contributed by atoms with van der Waals surface area (Å²) in [7, 11) is 0. The van der Waals surface area contributed by atoms with Gasteiger partial charge < -0.3 is 23.7 Å². The van der Waals surface area contributed by atoms with Crippen molar-refractivity contribution in [3.05, 3.63) is 179 Å². The van der Waals surface area contributed by atoms with Crippen molar-refractivity contribution in [1.29, 1.82) is 0 Å². The number of hydrogen-bond donors (Lipinski definition) is 0.